The number of nitrogens with one attached hydrogen (secondary N) is 2. The summed E-state index contributed by atoms with van der Waals surface area (Å²) in [4.78, 5) is 29.1. The molecular formula is C12H11N3O2. The molecule has 17 heavy (non-hydrogen) atoms. The fourth-order valence-corrected chi connectivity index (χ4v) is 1.34. The van der Waals surface area contributed by atoms with Crippen LogP contribution in [-0.2, 0) is 0 Å². The van der Waals surface area contributed by atoms with Gasteiger partial charge in [-0.15, -0.1) is 0 Å². The Hall–Kier alpha value is -2.43. The Morgan fingerprint density at radius 2 is 2.18 bits per heavy atom. The molecule has 0 atom stereocenters. The molecule has 0 aliphatic carbocycles. The monoisotopic (exact) mass is 229 g/mol. The van der Waals surface area contributed by atoms with E-state index in [9.17, 15) is 9.59 Å². The van der Waals surface area contributed by atoms with Gasteiger partial charge in [-0.05, 0) is 30.7 Å². The molecule has 0 unspecified atom stereocenters. The Balaban J connectivity index is 2.17. The molecule has 5 heteroatoms. The predicted molar refractivity (Wildman–Crippen MR) is 64.0 cm³/mol. The first-order valence-corrected chi connectivity index (χ1v) is 5.08. The average Bonchev–Trinajstić information content (AvgIpc) is 2.29. The van der Waals surface area contributed by atoms with Crippen LogP contribution < -0.4 is 10.9 Å². The second kappa shape index (κ2) is 4.61. The molecule has 2 rings (SSSR count). The normalized spacial score (nSPS) is 9.94. The van der Waals surface area contributed by atoms with Crippen molar-refractivity contribution >= 4 is 11.7 Å². The van der Waals surface area contributed by atoms with Crippen molar-refractivity contribution in [3.05, 3.63) is 58.1 Å². The Bertz CT molecular complexity index is 584. The largest absolute Gasteiger partial charge is 0.328 e. The fourth-order valence-electron chi connectivity index (χ4n) is 1.34. The van der Waals surface area contributed by atoms with E-state index in [1.54, 1.807) is 12.3 Å². The molecule has 86 valence electrons. The number of rotatable bonds is 2. The molecule has 1 amide bonds. The molecule has 0 saturated heterocycles. The van der Waals surface area contributed by atoms with Crippen LogP contribution in [0.1, 0.15) is 15.9 Å². The maximum atomic E-state index is 11.8. The van der Waals surface area contributed by atoms with Crippen molar-refractivity contribution in [2.75, 3.05) is 5.32 Å². The Morgan fingerprint density at radius 1 is 1.35 bits per heavy atom. The number of carbonyl (C=O) groups is 1. The van der Waals surface area contributed by atoms with Crippen LogP contribution in [0.4, 0.5) is 5.82 Å². The van der Waals surface area contributed by atoms with Crippen LogP contribution >= 0.6 is 0 Å². The Labute approximate surface area is 97.5 Å². The third-order valence-corrected chi connectivity index (χ3v) is 2.20. The molecule has 2 N–H and O–H groups in total. The van der Waals surface area contributed by atoms with Crippen LogP contribution in [0.2, 0.25) is 0 Å². The van der Waals surface area contributed by atoms with E-state index in [1.807, 2.05) is 13.0 Å². The molecule has 0 spiro atoms. The van der Waals surface area contributed by atoms with E-state index in [1.165, 1.54) is 18.3 Å². The lowest BCUT2D eigenvalue weighted by atomic mass is 10.2. The van der Waals surface area contributed by atoms with Gasteiger partial charge in [0.05, 0.1) is 5.56 Å². The zero-order chi connectivity index (χ0) is 12.3. The highest BCUT2D eigenvalue weighted by molar-refractivity contribution is 6.03. The smallest absolute Gasteiger partial charge is 0.258 e. The summed E-state index contributed by atoms with van der Waals surface area (Å²) in [7, 11) is 0. The lowest BCUT2D eigenvalue weighted by molar-refractivity contribution is 0.102. The van der Waals surface area contributed by atoms with Gasteiger partial charge < -0.3 is 10.3 Å². The molecule has 0 bridgehead atoms. The number of H-pyrrole nitrogens is 1. The van der Waals surface area contributed by atoms with E-state index < -0.39 is 0 Å². The fraction of sp³-hybridized carbons (Fsp3) is 0.0833. The van der Waals surface area contributed by atoms with E-state index >= 15 is 0 Å². The number of carbonyl (C=O) groups excluding carboxylic acids is 1. The maximum absolute atomic E-state index is 11.8. The highest BCUT2D eigenvalue weighted by Crippen LogP contribution is 2.07. The summed E-state index contributed by atoms with van der Waals surface area (Å²) < 4.78 is 0. The number of aryl methyl sites for hydroxylation is 1. The molecule has 2 aromatic heterocycles. The molecule has 0 aliphatic heterocycles. The van der Waals surface area contributed by atoms with Gasteiger partial charge in [0.15, 0.2) is 0 Å². The summed E-state index contributed by atoms with van der Waals surface area (Å²) in [5.41, 5.74) is 1.15. The highest BCUT2D eigenvalue weighted by atomic mass is 16.2. The Kier molecular flexibility index (Phi) is 3.00. The Morgan fingerprint density at radius 3 is 2.82 bits per heavy atom. The first-order chi connectivity index (χ1) is 8.15. The lowest BCUT2D eigenvalue weighted by Crippen LogP contribution is -2.15. The molecule has 0 radical (unpaired) electrons. The molecule has 0 aliphatic rings. The standard InChI is InChI=1S/C12H11N3O2/c1-8-4-5-13-10(6-8)15-12(17)9-2-3-11(16)14-7-9/h2-7H,1H3,(H,14,16)(H,13,15,17). The van der Waals surface area contributed by atoms with Crippen LogP contribution in [-0.4, -0.2) is 15.9 Å². The van der Waals surface area contributed by atoms with Crippen LogP contribution in [0.5, 0.6) is 0 Å². The van der Waals surface area contributed by atoms with Gasteiger partial charge in [0.1, 0.15) is 5.82 Å². The van der Waals surface area contributed by atoms with E-state index in [2.05, 4.69) is 15.3 Å². The molecule has 5 nitrogen and oxygen atoms in total. The van der Waals surface area contributed by atoms with Gasteiger partial charge in [-0.2, -0.15) is 0 Å². The van der Waals surface area contributed by atoms with E-state index in [4.69, 9.17) is 0 Å². The number of aromatic nitrogens is 2. The van der Waals surface area contributed by atoms with Gasteiger partial charge in [-0.25, -0.2) is 4.98 Å². The molecule has 0 fully saturated rings. The zero-order valence-corrected chi connectivity index (χ0v) is 9.23. The van der Waals surface area contributed by atoms with Crippen LogP contribution in [0.3, 0.4) is 0 Å². The number of anilines is 1. The van der Waals surface area contributed by atoms with Crippen molar-refractivity contribution in [1.82, 2.24) is 9.97 Å². The van der Waals surface area contributed by atoms with Gasteiger partial charge in [-0.1, -0.05) is 0 Å². The summed E-state index contributed by atoms with van der Waals surface area (Å²) in [5, 5.41) is 2.65. The summed E-state index contributed by atoms with van der Waals surface area (Å²) >= 11 is 0. The van der Waals surface area contributed by atoms with E-state index in [0.29, 0.717) is 11.4 Å². The van der Waals surface area contributed by atoms with Crippen molar-refractivity contribution in [3.63, 3.8) is 0 Å². The van der Waals surface area contributed by atoms with E-state index in [-0.39, 0.29) is 11.5 Å². The summed E-state index contributed by atoms with van der Waals surface area (Å²) in [6.45, 7) is 1.91. The number of pyridine rings is 2. The molecule has 0 saturated carbocycles. The predicted octanol–water partition coefficient (Wildman–Crippen LogP) is 1.33. The maximum Gasteiger partial charge on any atom is 0.258 e. The lowest BCUT2D eigenvalue weighted by Gasteiger charge is -2.04. The number of nitrogens with zero attached hydrogens (tertiary/aromatic N) is 1. The number of hydrogen-bond donors (Lipinski definition) is 2. The summed E-state index contributed by atoms with van der Waals surface area (Å²) in [6.07, 6.45) is 2.99. The van der Waals surface area contributed by atoms with Gasteiger partial charge in [-0.3, -0.25) is 9.59 Å². The van der Waals surface area contributed by atoms with Crippen molar-refractivity contribution in [3.8, 4) is 0 Å². The van der Waals surface area contributed by atoms with Crippen LogP contribution in [0.25, 0.3) is 0 Å². The topological polar surface area (TPSA) is 74.8 Å². The number of aromatic amines is 1. The van der Waals surface area contributed by atoms with E-state index in [0.717, 1.165) is 5.56 Å². The van der Waals surface area contributed by atoms with Gasteiger partial charge in [0, 0.05) is 18.5 Å². The minimum Gasteiger partial charge on any atom is -0.328 e. The van der Waals surface area contributed by atoms with Gasteiger partial charge in [0.25, 0.3) is 5.91 Å². The molecule has 0 aromatic carbocycles. The molecule has 2 heterocycles. The summed E-state index contributed by atoms with van der Waals surface area (Å²) in [5.74, 6) is 0.181. The third-order valence-electron chi connectivity index (χ3n) is 2.20. The quantitative estimate of drug-likeness (QED) is 0.815. The summed E-state index contributed by atoms with van der Waals surface area (Å²) in [6, 6.07) is 6.38. The zero-order valence-electron chi connectivity index (χ0n) is 9.23. The molecule has 2 aromatic rings. The highest BCUT2D eigenvalue weighted by Gasteiger charge is 2.06. The minimum atomic E-state index is -0.306. The van der Waals surface area contributed by atoms with Crippen LogP contribution in [0, 0.1) is 6.92 Å². The van der Waals surface area contributed by atoms with Crippen molar-refractivity contribution in [2.24, 2.45) is 0 Å². The first-order valence-electron chi connectivity index (χ1n) is 5.08. The second-order valence-electron chi connectivity index (χ2n) is 3.61. The first kappa shape index (κ1) is 11.1. The minimum absolute atomic E-state index is 0.241. The number of amides is 1. The van der Waals surface area contributed by atoms with Crippen molar-refractivity contribution < 1.29 is 4.79 Å². The van der Waals surface area contributed by atoms with Gasteiger partial charge in [0.2, 0.25) is 5.56 Å². The van der Waals surface area contributed by atoms with Crippen molar-refractivity contribution in [2.45, 2.75) is 6.92 Å². The van der Waals surface area contributed by atoms with Crippen molar-refractivity contribution in [1.29, 1.82) is 0 Å². The third kappa shape index (κ3) is 2.78. The van der Waals surface area contributed by atoms with Crippen LogP contribution in [0.15, 0.2) is 41.5 Å². The number of hydrogen-bond acceptors (Lipinski definition) is 3. The second-order valence-corrected chi connectivity index (χ2v) is 3.61. The SMILES string of the molecule is Cc1ccnc(NC(=O)c2ccc(=O)[nH]c2)c1. The molecular weight excluding hydrogens is 218 g/mol. The average molecular weight is 229 g/mol. The van der Waals surface area contributed by atoms with Gasteiger partial charge >= 0.3 is 0 Å².